The van der Waals surface area contributed by atoms with E-state index in [1.54, 1.807) is 0 Å². The van der Waals surface area contributed by atoms with E-state index in [2.05, 4.69) is 45.3 Å². The van der Waals surface area contributed by atoms with Gasteiger partial charge in [0, 0.05) is 11.6 Å². The van der Waals surface area contributed by atoms with Crippen LogP contribution in [0.25, 0.3) is 0 Å². The SMILES string of the molecule is CCC1CC(C)(CC)NC(C)(CC)N1. The van der Waals surface area contributed by atoms with Crippen LogP contribution in [0.15, 0.2) is 0 Å². The van der Waals surface area contributed by atoms with Gasteiger partial charge < -0.3 is 0 Å². The molecular formula is C12H26N2. The Bertz CT molecular complexity index is 175. The maximum atomic E-state index is 3.76. The molecule has 0 spiro atoms. The predicted octanol–water partition coefficient (Wildman–Crippen LogP) is 2.64. The Labute approximate surface area is 88.8 Å². The second-order valence-corrected chi connectivity index (χ2v) is 5.18. The molecule has 0 saturated carbocycles. The average Bonchev–Trinajstić information content (AvgIpc) is 2.17. The third kappa shape index (κ3) is 2.48. The molecule has 1 saturated heterocycles. The standard InChI is InChI=1S/C12H26N2/c1-6-10-9-11(4,7-2)14-12(5,8-3)13-10/h10,13-14H,6-9H2,1-5H3. The maximum absolute atomic E-state index is 3.76. The molecule has 0 aliphatic carbocycles. The molecule has 3 atom stereocenters. The van der Waals surface area contributed by atoms with Crippen molar-refractivity contribution in [3.05, 3.63) is 0 Å². The second-order valence-electron chi connectivity index (χ2n) is 5.18. The van der Waals surface area contributed by atoms with Gasteiger partial charge in [0.05, 0.1) is 5.66 Å². The van der Waals surface area contributed by atoms with Gasteiger partial charge in [-0.25, -0.2) is 0 Å². The minimum absolute atomic E-state index is 0.129. The zero-order valence-corrected chi connectivity index (χ0v) is 10.4. The number of nitrogens with one attached hydrogen (secondary N) is 2. The van der Waals surface area contributed by atoms with Gasteiger partial charge in [0.15, 0.2) is 0 Å². The summed E-state index contributed by atoms with van der Waals surface area (Å²) in [5.41, 5.74) is 0.445. The zero-order valence-electron chi connectivity index (χ0n) is 10.4. The Hall–Kier alpha value is -0.0800. The molecule has 1 aliphatic rings. The largest absolute Gasteiger partial charge is 0.297 e. The molecule has 0 amide bonds. The van der Waals surface area contributed by atoms with E-state index in [0.29, 0.717) is 11.6 Å². The van der Waals surface area contributed by atoms with Gasteiger partial charge >= 0.3 is 0 Å². The molecule has 84 valence electrons. The first kappa shape index (κ1) is 12.0. The summed E-state index contributed by atoms with van der Waals surface area (Å²) in [4.78, 5) is 0. The lowest BCUT2D eigenvalue weighted by atomic mass is 9.83. The topological polar surface area (TPSA) is 24.1 Å². The molecule has 0 aromatic carbocycles. The molecular weight excluding hydrogens is 172 g/mol. The number of hydrogen-bond donors (Lipinski definition) is 2. The molecule has 2 heteroatoms. The van der Waals surface area contributed by atoms with E-state index in [1.807, 2.05) is 0 Å². The Morgan fingerprint density at radius 1 is 1.14 bits per heavy atom. The molecule has 1 fully saturated rings. The van der Waals surface area contributed by atoms with Crippen LogP contribution in [-0.4, -0.2) is 17.2 Å². The highest BCUT2D eigenvalue weighted by atomic mass is 15.3. The van der Waals surface area contributed by atoms with E-state index in [0.717, 1.165) is 6.42 Å². The molecule has 2 N–H and O–H groups in total. The van der Waals surface area contributed by atoms with Crippen molar-refractivity contribution in [2.24, 2.45) is 0 Å². The van der Waals surface area contributed by atoms with Gasteiger partial charge in [-0.05, 0) is 39.5 Å². The highest BCUT2D eigenvalue weighted by molar-refractivity contribution is 5.00. The molecule has 2 nitrogen and oxygen atoms in total. The summed E-state index contributed by atoms with van der Waals surface area (Å²) in [6.07, 6.45) is 4.82. The van der Waals surface area contributed by atoms with Gasteiger partial charge in [-0.2, -0.15) is 0 Å². The normalized spacial score (nSPS) is 43.9. The first-order valence-corrected chi connectivity index (χ1v) is 6.04. The highest BCUT2D eigenvalue weighted by Crippen LogP contribution is 2.28. The van der Waals surface area contributed by atoms with Crippen LogP contribution in [0.1, 0.15) is 60.3 Å². The van der Waals surface area contributed by atoms with Crippen molar-refractivity contribution in [2.45, 2.75) is 77.5 Å². The Balaban J connectivity index is 2.76. The van der Waals surface area contributed by atoms with Gasteiger partial charge in [0.1, 0.15) is 0 Å². The highest BCUT2D eigenvalue weighted by Gasteiger charge is 2.39. The van der Waals surface area contributed by atoms with Crippen LogP contribution in [0.3, 0.4) is 0 Å². The molecule has 3 unspecified atom stereocenters. The summed E-state index contributed by atoms with van der Waals surface area (Å²) in [6.45, 7) is 11.4. The van der Waals surface area contributed by atoms with Crippen LogP contribution in [0, 0.1) is 0 Å². The van der Waals surface area contributed by atoms with Crippen molar-refractivity contribution >= 4 is 0 Å². The quantitative estimate of drug-likeness (QED) is 0.728. The van der Waals surface area contributed by atoms with Crippen molar-refractivity contribution in [2.75, 3.05) is 0 Å². The van der Waals surface area contributed by atoms with E-state index in [1.165, 1.54) is 19.3 Å². The average molecular weight is 198 g/mol. The first-order chi connectivity index (χ1) is 6.47. The minimum Gasteiger partial charge on any atom is -0.297 e. The molecule has 1 heterocycles. The molecule has 14 heavy (non-hydrogen) atoms. The smallest absolute Gasteiger partial charge is 0.0661 e. The van der Waals surface area contributed by atoms with Gasteiger partial charge in [0.2, 0.25) is 0 Å². The van der Waals surface area contributed by atoms with Crippen LogP contribution in [0.4, 0.5) is 0 Å². The predicted molar refractivity (Wildman–Crippen MR) is 62.4 cm³/mol. The lowest BCUT2D eigenvalue weighted by Crippen LogP contribution is -2.70. The fraction of sp³-hybridized carbons (Fsp3) is 1.00. The summed E-state index contributed by atoms with van der Waals surface area (Å²) >= 11 is 0. The van der Waals surface area contributed by atoms with Gasteiger partial charge in [-0.1, -0.05) is 20.8 Å². The van der Waals surface area contributed by atoms with E-state index in [9.17, 15) is 0 Å². The van der Waals surface area contributed by atoms with Crippen LogP contribution >= 0.6 is 0 Å². The molecule has 1 aliphatic heterocycles. The van der Waals surface area contributed by atoms with E-state index < -0.39 is 0 Å². The van der Waals surface area contributed by atoms with Crippen molar-refractivity contribution in [3.63, 3.8) is 0 Å². The third-order valence-corrected chi connectivity index (χ3v) is 3.78. The van der Waals surface area contributed by atoms with Crippen LogP contribution in [-0.2, 0) is 0 Å². The Morgan fingerprint density at radius 3 is 2.21 bits per heavy atom. The van der Waals surface area contributed by atoms with Crippen molar-refractivity contribution in [1.82, 2.24) is 10.6 Å². The molecule has 0 bridgehead atoms. The van der Waals surface area contributed by atoms with Gasteiger partial charge in [-0.3, -0.25) is 10.6 Å². The molecule has 0 radical (unpaired) electrons. The molecule has 1 rings (SSSR count). The fourth-order valence-corrected chi connectivity index (χ4v) is 2.47. The van der Waals surface area contributed by atoms with Gasteiger partial charge in [-0.15, -0.1) is 0 Å². The van der Waals surface area contributed by atoms with Crippen LogP contribution < -0.4 is 10.6 Å². The second kappa shape index (κ2) is 4.19. The summed E-state index contributed by atoms with van der Waals surface area (Å²) in [6, 6.07) is 0.672. The molecule has 0 aromatic heterocycles. The van der Waals surface area contributed by atoms with Crippen LogP contribution in [0.5, 0.6) is 0 Å². The summed E-state index contributed by atoms with van der Waals surface area (Å²) in [7, 11) is 0. The third-order valence-electron chi connectivity index (χ3n) is 3.78. The van der Waals surface area contributed by atoms with E-state index in [-0.39, 0.29) is 5.66 Å². The fourth-order valence-electron chi connectivity index (χ4n) is 2.47. The Morgan fingerprint density at radius 2 is 1.79 bits per heavy atom. The monoisotopic (exact) mass is 198 g/mol. The van der Waals surface area contributed by atoms with E-state index in [4.69, 9.17) is 0 Å². The summed E-state index contributed by atoms with van der Waals surface area (Å²) in [5.74, 6) is 0. The van der Waals surface area contributed by atoms with Crippen LogP contribution in [0.2, 0.25) is 0 Å². The first-order valence-electron chi connectivity index (χ1n) is 6.04. The van der Waals surface area contributed by atoms with E-state index >= 15 is 0 Å². The summed E-state index contributed by atoms with van der Waals surface area (Å²) in [5, 5.41) is 7.47. The van der Waals surface area contributed by atoms with Crippen molar-refractivity contribution in [3.8, 4) is 0 Å². The van der Waals surface area contributed by atoms with Crippen molar-refractivity contribution < 1.29 is 0 Å². The summed E-state index contributed by atoms with van der Waals surface area (Å²) < 4.78 is 0. The van der Waals surface area contributed by atoms with Gasteiger partial charge in [0.25, 0.3) is 0 Å². The Kier molecular flexibility index (Phi) is 3.59. The maximum Gasteiger partial charge on any atom is 0.0661 e. The zero-order chi connectivity index (χ0) is 10.8. The minimum atomic E-state index is 0.129. The number of hydrogen-bond acceptors (Lipinski definition) is 2. The number of rotatable bonds is 3. The lowest BCUT2D eigenvalue weighted by molar-refractivity contribution is 0.0901. The van der Waals surface area contributed by atoms with Crippen molar-refractivity contribution in [1.29, 1.82) is 0 Å². The lowest BCUT2D eigenvalue weighted by Gasteiger charge is -2.50. The molecule has 0 aromatic rings.